The molecule has 4 fully saturated rings. The molecule has 0 aromatic heterocycles. The molecule has 1 nitrogen and oxygen atoms in total. The minimum Gasteiger partial charge on any atom is -0.287 e. The van der Waals surface area contributed by atoms with Crippen LogP contribution in [0.2, 0.25) is 0 Å². The van der Waals surface area contributed by atoms with Crippen LogP contribution >= 0.6 is 11.8 Å². The maximum absolute atomic E-state index is 12.9. The van der Waals surface area contributed by atoms with E-state index in [1.54, 1.807) is 17.3 Å². The van der Waals surface area contributed by atoms with Gasteiger partial charge in [0.1, 0.15) is 0 Å². The van der Waals surface area contributed by atoms with E-state index in [1.165, 1.54) is 83.5 Å². The van der Waals surface area contributed by atoms with Crippen molar-refractivity contribution in [1.29, 1.82) is 0 Å². The first-order chi connectivity index (χ1) is 16.7. The van der Waals surface area contributed by atoms with Crippen LogP contribution in [0, 0.1) is 52.3 Å². The SMILES string of the molecule is CC(C)CCC[C@@H](C)[C@H]1CC[C@H]2[C@@H]3CC=C4C[C@H](SC(=O)C5CCCC5)CC[C@]4(C)[C@H]3CC[C@]12C. The molecule has 4 saturated carbocycles. The summed E-state index contributed by atoms with van der Waals surface area (Å²) in [4.78, 5) is 12.9. The fourth-order valence-electron chi connectivity index (χ4n) is 10.2. The third kappa shape index (κ3) is 4.97. The second-order valence-electron chi connectivity index (χ2n) is 14.6. The molecule has 35 heavy (non-hydrogen) atoms. The summed E-state index contributed by atoms with van der Waals surface area (Å²) < 4.78 is 0. The maximum atomic E-state index is 12.9. The number of hydrogen-bond acceptors (Lipinski definition) is 2. The van der Waals surface area contributed by atoms with Crippen LogP contribution < -0.4 is 0 Å². The van der Waals surface area contributed by atoms with E-state index in [0.29, 0.717) is 27.1 Å². The molecule has 0 N–H and O–H groups in total. The predicted octanol–water partition coefficient (Wildman–Crippen LogP) is 9.85. The molecule has 5 aliphatic carbocycles. The first kappa shape index (κ1) is 26.4. The van der Waals surface area contributed by atoms with Crippen LogP contribution in [-0.4, -0.2) is 10.4 Å². The van der Waals surface area contributed by atoms with E-state index in [1.807, 2.05) is 0 Å². The van der Waals surface area contributed by atoms with Crippen LogP contribution in [0.25, 0.3) is 0 Å². The lowest BCUT2D eigenvalue weighted by Crippen LogP contribution is -2.50. The van der Waals surface area contributed by atoms with Gasteiger partial charge < -0.3 is 0 Å². The molecule has 5 rings (SSSR count). The van der Waals surface area contributed by atoms with Crippen LogP contribution in [0.1, 0.15) is 131 Å². The number of carbonyl (C=O) groups excluding carboxylic acids is 1. The van der Waals surface area contributed by atoms with Crippen LogP contribution in [-0.2, 0) is 4.79 Å². The first-order valence-electron chi connectivity index (χ1n) is 15.6. The molecule has 0 radical (unpaired) electrons. The van der Waals surface area contributed by atoms with Crippen molar-refractivity contribution in [3.8, 4) is 0 Å². The average molecular weight is 499 g/mol. The Bertz CT molecular complexity index is 793. The maximum Gasteiger partial charge on any atom is 0.192 e. The van der Waals surface area contributed by atoms with Gasteiger partial charge in [0.05, 0.1) is 0 Å². The van der Waals surface area contributed by atoms with Crippen molar-refractivity contribution in [3.05, 3.63) is 11.6 Å². The van der Waals surface area contributed by atoms with E-state index in [9.17, 15) is 4.79 Å². The molecule has 198 valence electrons. The van der Waals surface area contributed by atoms with Gasteiger partial charge in [-0.15, -0.1) is 0 Å². The molecule has 0 spiro atoms. The second-order valence-corrected chi connectivity index (χ2v) is 15.9. The molecule has 0 unspecified atom stereocenters. The van der Waals surface area contributed by atoms with E-state index in [0.717, 1.165) is 48.3 Å². The molecule has 5 aliphatic rings. The lowest BCUT2D eigenvalue weighted by atomic mass is 9.47. The van der Waals surface area contributed by atoms with Crippen molar-refractivity contribution < 1.29 is 4.79 Å². The molecule has 0 amide bonds. The van der Waals surface area contributed by atoms with Crippen molar-refractivity contribution >= 4 is 16.9 Å². The zero-order chi connectivity index (χ0) is 24.8. The Morgan fingerprint density at radius 3 is 2.49 bits per heavy atom. The van der Waals surface area contributed by atoms with E-state index in [4.69, 9.17) is 0 Å². The topological polar surface area (TPSA) is 17.1 Å². The Labute approximate surface area is 221 Å². The molecular weight excluding hydrogens is 444 g/mol. The van der Waals surface area contributed by atoms with Gasteiger partial charge in [-0.25, -0.2) is 0 Å². The van der Waals surface area contributed by atoms with Crippen molar-refractivity contribution in [2.45, 2.75) is 136 Å². The molecule has 8 atom stereocenters. The third-order valence-corrected chi connectivity index (χ3v) is 13.5. The Morgan fingerprint density at radius 1 is 0.971 bits per heavy atom. The minimum atomic E-state index is 0.372. The van der Waals surface area contributed by atoms with Gasteiger partial charge in [0.25, 0.3) is 0 Å². The number of hydrogen-bond donors (Lipinski definition) is 0. The second kappa shape index (κ2) is 10.5. The minimum absolute atomic E-state index is 0.372. The summed E-state index contributed by atoms with van der Waals surface area (Å²) in [6.07, 6.45) is 22.8. The van der Waals surface area contributed by atoms with Crippen LogP contribution in [0.3, 0.4) is 0 Å². The molecule has 0 aromatic carbocycles. The summed E-state index contributed by atoms with van der Waals surface area (Å²) in [5, 5.41) is 1.08. The number of carbonyl (C=O) groups is 1. The van der Waals surface area contributed by atoms with Gasteiger partial charge in [-0.3, -0.25) is 4.79 Å². The summed E-state index contributed by atoms with van der Waals surface area (Å²) in [7, 11) is 0. The molecule has 0 saturated heterocycles. The summed E-state index contributed by atoms with van der Waals surface area (Å²) in [5.74, 6) is 5.83. The highest BCUT2D eigenvalue weighted by Gasteiger charge is 2.59. The monoisotopic (exact) mass is 498 g/mol. The third-order valence-electron chi connectivity index (χ3n) is 12.2. The van der Waals surface area contributed by atoms with Gasteiger partial charge in [0.15, 0.2) is 5.12 Å². The van der Waals surface area contributed by atoms with Crippen molar-refractivity contribution in [3.63, 3.8) is 0 Å². The van der Waals surface area contributed by atoms with Crippen molar-refractivity contribution in [2.75, 3.05) is 0 Å². The normalized spacial score (nSPS) is 42.3. The highest BCUT2D eigenvalue weighted by Crippen LogP contribution is 2.67. The Balaban J connectivity index is 1.24. The molecule has 0 heterocycles. The summed E-state index contributed by atoms with van der Waals surface area (Å²) in [5.41, 5.74) is 2.75. The summed E-state index contributed by atoms with van der Waals surface area (Å²) in [6, 6.07) is 0. The van der Waals surface area contributed by atoms with Gasteiger partial charge in [-0.1, -0.05) is 90.1 Å². The van der Waals surface area contributed by atoms with E-state index >= 15 is 0 Å². The standard InChI is InChI=1S/C33H54OS/c1-22(2)9-8-10-23(3)28-15-16-29-27-14-13-25-21-26(35-31(34)24-11-6-7-12-24)17-19-32(25,4)30(27)18-20-33(28,29)5/h13,22-24,26-30H,6-12,14-21H2,1-5H3/t23-,26-,27+,28-,29+,30+,32+,33-/m1/s1. The smallest absolute Gasteiger partial charge is 0.192 e. The zero-order valence-electron chi connectivity index (χ0n) is 23.6. The van der Waals surface area contributed by atoms with Crippen molar-refractivity contribution in [2.24, 2.45) is 52.3 Å². The van der Waals surface area contributed by atoms with Gasteiger partial charge in [0, 0.05) is 11.2 Å². The summed E-state index contributed by atoms with van der Waals surface area (Å²) >= 11 is 1.75. The lowest BCUT2D eigenvalue weighted by molar-refractivity contribution is -0.114. The quantitative estimate of drug-likeness (QED) is 0.325. The van der Waals surface area contributed by atoms with Crippen LogP contribution in [0.5, 0.6) is 0 Å². The van der Waals surface area contributed by atoms with Crippen LogP contribution in [0.15, 0.2) is 11.6 Å². The molecule has 0 aliphatic heterocycles. The highest BCUT2D eigenvalue weighted by atomic mass is 32.2. The predicted molar refractivity (Wildman–Crippen MR) is 151 cm³/mol. The van der Waals surface area contributed by atoms with E-state index in [2.05, 4.69) is 40.7 Å². The van der Waals surface area contributed by atoms with Crippen molar-refractivity contribution in [1.82, 2.24) is 0 Å². The lowest BCUT2D eigenvalue weighted by Gasteiger charge is -2.58. The Kier molecular flexibility index (Phi) is 7.91. The average Bonchev–Trinajstić information content (AvgIpc) is 3.47. The molecule has 0 bridgehead atoms. The largest absolute Gasteiger partial charge is 0.287 e. The van der Waals surface area contributed by atoms with Gasteiger partial charge in [0.2, 0.25) is 0 Å². The Morgan fingerprint density at radius 2 is 1.74 bits per heavy atom. The number of rotatable bonds is 7. The van der Waals surface area contributed by atoms with Gasteiger partial charge >= 0.3 is 0 Å². The molecule has 0 aromatic rings. The number of fused-ring (bicyclic) bond motifs is 5. The van der Waals surface area contributed by atoms with Gasteiger partial charge in [-0.05, 0) is 111 Å². The van der Waals surface area contributed by atoms with E-state index in [-0.39, 0.29) is 0 Å². The number of allylic oxidation sites excluding steroid dienone is 2. The fraction of sp³-hybridized carbons (Fsp3) is 0.909. The Hall–Kier alpha value is -0.240. The van der Waals surface area contributed by atoms with Crippen LogP contribution in [0.4, 0.5) is 0 Å². The fourth-order valence-corrected chi connectivity index (χ4v) is 11.4. The van der Waals surface area contributed by atoms with Gasteiger partial charge in [-0.2, -0.15) is 0 Å². The highest BCUT2D eigenvalue weighted by molar-refractivity contribution is 8.14. The number of thioether (sulfide) groups is 1. The first-order valence-corrected chi connectivity index (χ1v) is 16.5. The molecule has 2 heteroatoms. The summed E-state index contributed by atoms with van der Waals surface area (Å²) in [6.45, 7) is 12.7. The zero-order valence-corrected chi connectivity index (χ0v) is 24.4. The van der Waals surface area contributed by atoms with E-state index < -0.39 is 0 Å². The molecular formula is C33H54OS.